The molecule has 1 saturated heterocycles. The quantitative estimate of drug-likeness (QED) is 0.740. The Morgan fingerprint density at radius 3 is 2.40 bits per heavy atom. The lowest BCUT2D eigenvalue weighted by molar-refractivity contribution is -0.0998. The third-order valence-corrected chi connectivity index (χ3v) is 2.91. The molecule has 0 aromatic carbocycles. The van der Waals surface area contributed by atoms with Crippen LogP contribution in [-0.2, 0) is 0 Å². The maximum absolute atomic E-state index is 13.4. The molecule has 3 nitrogen and oxygen atoms in total. The van der Waals surface area contributed by atoms with Gasteiger partial charge in [-0.1, -0.05) is 13.8 Å². The van der Waals surface area contributed by atoms with Crippen LogP contribution in [0.4, 0.5) is 8.78 Å². The van der Waals surface area contributed by atoms with Crippen LogP contribution in [0, 0.1) is 5.92 Å². The van der Waals surface area contributed by atoms with E-state index in [1.807, 2.05) is 0 Å². The summed E-state index contributed by atoms with van der Waals surface area (Å²) in [5.74, 6) is -3.44. The molecular formula is C10H19F2NO2. The first-order chi connectivity index (χ1) is 6.83. The number of nitrogens with zero attached hydrogens (tertiary/aromatic N) is 1. The van der Waals surface area contributed by atoms with Gasteiger partial charge in [-0.3, -0.25) is 4.90 Å². The molecule has 0 spiro atoms. The van der Waals surface area contributed by atoms with Crippen molar-refractivity contribution in [2.24, 2.45) is 5.92 Å². The van der Waals surface area contributed by atoms with E-state index in [0.717, 1.165) is 0 Å². The highest BCUT2D eigenvalue weighted by Crippen LogP contribution is 2.26. The summed E-state index contributed by atoms with van der Waals surface area (Å²) in [4.78, 5) is 1.51. The summed E-state index contributed by atoms with van der Waals surface area (Å²) >= 11 is 0. The summed E-state index contributed by atoms with van der Waals surface area (Å²) in [5.41, 5.74) is 0. The first kappa shape index (κ1) is 12.8. The monoisotopic (exact) mass is 223 g/mol. The summed E-state index contributed by atoms with van der Waals surface area (Å²) in [5, 5.41) is 18.6. The number of aliphatic hydroxyl groups excluding tert-OH is 2. The van der Waals surface area contributed by atoms with Crippen molar-refractivity contribution in [3.05, 3.63) is 0 Å². The van der Waals surface area contributed by atoms with Crippen LogP contribution in [0.5, 0.6) is 0 Å². The van der Waals surface area contributed by atoms with Crippen molar-refractivity contribution in [3.63, 3.8) is 0 Å². The lowest BCUT2D eigenvalue weighted by Gasteiger charge is -2.36. The Kier molecular flexibility index (Phi) is 4.03. The number of likely N-dealkylation sites (tertiary alicyclic amines) is 1. The van der Waals surface area contributed by atoms with Gasteiger partial charge in [0.05, 0.1) is 18.8 Å². The molecule has 1 heterocycles. The molecule has 1 rings (SSSR count). The molecule has 2 unspecified atom stereocenters. The molecule has 0 radical (unpaired) electrons. The fourth-order valence-electron chi connectivity index (χ4n) is 1.61. The SMILES string of the molecule is CC(C)C(F)(F)CN1CCC(O)C(O)C1. The Labute approximate surface area is 88.7 Å². The predicted octanol–water partition coefficient (Wildman–Crippen LogP) is 0.705. The van der Waals surface area contributed by atoms with E-state index in [1.165, 1.54) is 18.7 Å². The van der Waals surface area contributed by atoms with Gasteiger partial charge in [-0.25, -0.2) is 8.78 Å². The number of piperidine rings is 1. The molecule has 1 aliphatic heterocycles. The third-order valence-electron chi connectivity index (χ3n) is 2.91. The summed E-state index contributed by atoms with van der Waals surface area (Å²) in [7, 11) is 0. The highest BCUT2D eigenvalue weighted by Gasteiger charge is 2.37. The van der Waals surface area contributed by atoms with E-state index in [2.05, 4.69) is 0 Å². The maximum atomic E-state index is 13.4. The van der Waals surface area contributed by atoms with Crippen LogP contribution in [0.15, 0.2) is 0 Å². The molecule has 0 amide bonds. The van der Waals surface area contributed by atoms with Crippen LogP contribution in [0.3, 0.4) is 0 Å². The first-order valence-corrected chi connectivity index (χ1v) is 5.29. The topological polar surface area (TPSA) is 43.7 Å². The molecule has 5 heteroatoms. The average Bonchev–Trinajstić information content (AvgIpc) is 2.10. The molecule has 0 saturated carbocycles. The highest BCUT2D eigenvalue weighted by atomic mass is 19.3. The van der Waals surface area contributed by atoms with Crippen LogP contribution in [0.25, 0.3) is 0 Å². The highest BCUT2D eigenvalue weighted by molar-refractivity contribution is 4.83. The van der Waals surface area contributed by atoms with Gasteiger partial charge >= 0.3 is 0 Å². The normalized spacial score (nSPS) is 29.8. The van der Waals surface area contributed by atoms with Crippen molar-refractivity contribution in [1.82, 2.24) is 4.90 Å². The number of halogens is 2. The minimum atomic E-state index is -2.73. The molecule has 0 aromatic rings. The first-order valence-electron chi connectivity index (χ1n) is 5.29. The predicted molar refractivity (Wildman–Crippen MR) is 52.9 cm³/mol. The molecule has 90 valence electrons. The number of rotatable bonds is 3. The fraction of sp³-hybridized carbons (Fsp3) is 1.00. The molecule has 15 heavy (non-hydrogen) atoms. The minimum Gasteiger partial charge on any atom is -0.390 e. The van der Waals surface area contributed by atoms with E-state index in [-0.39, 0.29) is 13.1 Å². The average molecular weight is 223 g/mol. The van der Waals surface area contributed by atoms with E-state index in [1.54, 1.807) is 0 Å². The van der Waals surface area contributed by atoms with Crippen LogP contribution in [0.2, 0.25) is 0 Å². The molecule has 0 aromatic heterocycles. The van der Waals surface area contributed by atoms with Crippen LogP contribution in [0.1, 0.15) is 20.3 Å². The second-order valence-electron chi connectivity index (χ2n) is 4.57. The maximum Gasteiger partial charge on any atom is 0.262 e. The van der Waals surface area contributed by atoms with Crippen molar-refractivity contribution in [3.8, 4) is 0 Å². The van der Waals surface area contributed by atoms with Crippen molar-refractivity contribution in [1.29, 1.82) is 0 Å². The van der Waals surface area contributed by atoms with E-state index >= 15 is 0 Å². The summed E-state index contributed by atoms with van der Waals surface area (Å²) in [6.07, 6.45) is -1.31. The van der Waals surface area contributed by atoms with Crippen molar-refractivity contribution in [2.45, 2.75) is 38.4 Å². The summed E-state index contributed by atoms with van der Waals surface area (Å²) < 4.78 is 26.7. The van der Waals surface area contributed by atoms with E-state index < -0.39 is 24.0 Å². The standard InChI is InChI=1S/C10H19F2NO2/c1-7(2)10(11,12)6-13-4-3-8(14)9(15)5-13/h7-9,14-15H,3-6H2,1-2H3. The summed E-state index contributed by atoms with van der Waals surface area (Å²) in [6.45, 7) is 3.17. The number of hydrogen-bond donors (Lipinski definition) is 2. The van der Waals surface area contributed by atoms with Gasteiger partial charge < -0.3 is 10.2 Å². The largest absolute Gasteiger partial charge is 0.390 e. The van der Waals surface area contributed by atoms with Gasteiger partial charge in [0.15, 0.2) is 0 Å². The molecular weight excluding hydrogens is 204 g/mol. The summed E-state index contributed by atoms with van der Waals surface area (Å²) in [6, 6.07) is 0. The zero-order chi connectivity index (χ0) is 11.6. The molecule has 0 aliphatic carbocycles. The van der Waals surface area contributed by atoms with Gasteiger partial charge in [0.25, 0.3) is 5.92 Å². The second-order valence-corrected chi connectivity index (χ2v) is 4.57. The van der Waals surface area contributed by atoms with Gasteiger partial charge in [-0.2, -0.15) is 0 Å². The van der Waals surface area contributed by atoms with Crippen LogP contribution in [-0.4, -0.2) is 52.9 Å². The van der Waals surface area contributed by atoms with E-state index in [4.69, 9.17) is 0 Å². The Morgan fingerprint density at radius 2 is 1.93 bits per heavy atom. The minimum absolute atomic E-state index is 0.128. The zero-order valence-electron chi connectivity index (χ0n) is 9.16. The molecule has 0 bridgehead atoms. The van der Waals surface area contributed by atoms with Crippen LogP contribution < -0.4 is 0 Å². The number of alkyl halides is 2. The Balaban J connectivity index is 2.46. The second kappa shape index (κ2) is 4.72. The zero-order valence-corrected chi connectivity index (χ0v) is 9.16. The Morgan fingerprint density at radius 1 is 1.33 bits per heavy atom. The van der Waals surface area contributed by atoms with E-state index in [9.17, 15) is 19.0 Å². The van der Waals surface area contributed by atoms with Crippen molar-refractivity contribution < 1.29 is 19.0 Å². The number of hydrogen-bond acceptors (Lipinski definition) is 3. The number of β-amino-alcohol motifs (C(OH)–C–C–N with tert-alkyl or cyclic N) is 1. The van der Waals surface area contributed by atoms with Crippen LogP contribution >= 0.6 is 0 Å². The smallest absolute Gasteiger partial charge is 0.262 e. The molecule has 2 N–H and O–H groups in total. The van der Waals surface area contributed by atoms with Gasteiger partial charge in [0, 0.05) is 19.0 Å². The van der Waals surface area contributed by atoms with Crippen molar-refractivity contribution in [2.75, 3.05) is 19.6 Å². The number of aliphatic hydroxyl groups is 2. The van der Waals surface area contributed by atoms with Gasteiger partial charge in [0.1, 0.15) is 0 Å². The van der Waals surface area contributed by atoms with E-state index in [0.29, 0.717) is 13.0 Å². The van der Waals surface area contributed by atoms with Gasteiger partial charge in [-0.15, -0.1) is 0 Å². The third kappa shape index (κ3) is 3.36. The fourth-order valence-corrected chi connectivity index (χ4v) is 1.61. The Bertz CT molecular complexity index is 212. The molecule has 2 atom stereocenters. The molecule has 1 aliphatic rings. The van der Waals surface area contributed by atoms with Gasteiger partial charge in [0.2, 0.25) is 0 Å². The molecule has 1 fully saturated rings. The van der Waals surface area contributed by atoms with Crippen molar-refractivity contribution >= 4 is 0 Å². The Hall–Kier alpha value is -0.260. The van der Waals surface area contributed by atoms with Gasteiger partial charge in [-0.05, 0) is 6.42 Å². The lowest BCUT2D eigenvalue weighted by atomic mass is 10.0. The lowest BCUT2D eigenvalue weighted by Crippen LogP contribution is -2.51.